The molecule has 2 N–H and O–H groups in total. The fourth-order valence-electron chi connectivity index (χ4n) is 1.93. The molecule has 0 saturated heterocycles. The first kappa shape index (κ1) is 15.2. The summed E-state index contributed by atoms with van der Waals surface area (Å²) in [6.07, 6.45) is 0. The van der Waals surface area contributed by atoms with Gasteiger partial charge in [0, 0.05) is 20.1 Å². The smallest absolute Gasteiger partial charge is 0.243 e. The molecule has 0 amide bonds. The van der Waals surface area contributed by atoms with Gasteiger partial charge in [0.15, 0.2) is 0 Å². The minimum atomic E-state index is -3.48. The first-order valence-electron chi connectivity index (χ1n) is 6.22. The maximum Gasteiger partial charge on any atom is 0.243 e. The molecule has 0 radical (unpaired) electrons. The van der Waals surface area contributed by atoms with Crippen molar-refractivity contribution < 1.29 is 8.42 Å². The molecular formula is C14H18N2O2S2. The van der Waals surface area contributed by atoms with Crippen molar-refractivity contribution in [1.29, 1.82) is 0 Å². The third-order valence-corrected chi connectivity index (χ3v) is 5.77. The summed E-state index contributed by atoms with van der Waals surface area (Å²) in [6, 6.07) is 7.02. The van der Waals surface area contributed by atoms with Crippen LogP contribution in [0.5, 0.6) is 0 Å². The normalized spacial score (nSPS) is 12.0. The van der Waals surface area contributed by atoms with Crippen molar-refractivity contribution >= 4 is 21.4 Å². The molecule has 4 nitrogen and oxygen atoms in total. The third-order valence-electron chi connectivity index (χ3n) is 3.23. The molecule has 0 aliphatic rings. The Morgan fingerprint density at radius 3 is 2.65 bits per heavy atom. The minimum absolute atomic E-state index is 0.293. The second kappa shape index (κ2) is 6.05. The predicted molar refractivity (Wildman–Crippen MR) is 82.0 cm³/mol. The second-order valence-corrected chi connectivity index (χ2v) is 7.51. The minimum Gasteiger partial charge on any atom is -0.326 e. The van der Waals surface area contributed by atoms with E-state index in [0.29, 0.717) is 18.0 Å². The molecule has 0 spiro atoms. The number of rotatable bonds is 5. The van der Waals surface area contributed by atoms with Crippen molar-refractivity contribution in [2.24, 2.45) is 5.73 Å². The number of hydrogen-bond acceptors (Lipinski definition) is 4. The summed E-state index contributed by atoms with van der Waals surface area (Å²) in [5, 5.41) is 3.89. The highest BCUT2D eigenvalue weighted by molar-refractivity contribution is 7.89. The molecule has 1 aromatic carbocycles. The summed E-state index contributed by atoms with van der Waals surface area (Å²) in [5.41, 5.74) is 8.50. The van der Waals surface area contributed by atoms with Crippen LogP contribution in [-0.2, 0) is 23.1 Å². The molecule has 1 aromatic heterocycles. The predicted octanol–water partition coefficient (Wildman–Crippen LogP) is 2.34. The molecule has 2 rings (SSSR count). The lowest BCUT2D eigenvalue weighted by molar-refractivity contribution is 0.467. The molecule has 0 saturated carbocycles. The van der Waals surface area contributed by atoms with E-state index in [0.717, 1.165) is 16.7 Å². The van der Waals surface area contributed by atoms with E-state index < -0.39 is 10.0 Å². The summed E-state index contributed by atoms with van der Waals surface area (Å²) in [4.78, 5) is 0.293. The Bertz CT molecular complexity index is 679. The van der Waals surface area contributed by atoms with Crippen LogP contribution in [0.4, 0.5) is 0 Å². The van der Waals surface area contributed by atoms with E-state index in [1.54, 1.807) is 36.6 Å². The van der Waals surface area contributed by atoms with Crippen LogP contribution in [0.1, 0.15) is 16.7 Å². The average Bonchev–Trinajstić information content (AvgIpc) is 2.91. The molecule has 108 valence electrons. The van der Waals surface area contributed by atoms with Gasteiger partial charge >= 0.3 is 0 Å². The largest absolute Gasteiger partial charge is 0.326 e. The van der Waals surface area contributed by atoms with Crippen LogP contribution in [0.3, 0.4) is 0 Å². The number of nitrogens with zero attached hydrogens (tertiary/aromatic N) is 1. The van der Waals surface area contributed by atoms with Crippen LogP contribution in [0, 0.1) is 6.92 Å². The van der Waals surface area contributed by atoms with Gasteiger partial charge in [-0.1, -0.05) is 6.07 Å². The Hall–Kier alpha value is -1.21. The zero-order chi connectivity index (χ0) is 14.8. The summed E-state index contributed by atoms with van der Waals surface area (Å²) in [5.74, 6) is 0. The van der Waals surface area contributed by atoms with Crippen LogP contribution in [0.2, 0.25) is 0 Å². The lowest BCUT2D eigenvalue weighted by Crippen LogP contribution is -2.26. The first-order chi connectivity index (χ1) is 9.45. The molecule has 6 heteroatoms. The first-order valence-corrected chi connectivity index (χ1v) is 8.60. The topological polar surface area (TPSA) is 63.4 Å². The van der Waals surface area contributed by atoms with Crippen molar-refractivity contribution in [3.8, 4) is 0 Å². The maximum atomic E-state index is 12.5. The van der Waals surface area contributed by atoms with Gasteiger partial charge in [0.25, 0.3) is 0 Å². The van der Waals surface area contributed by atoms with Gasteiger partial charge in [-0.2, -0.15) is 15.6 Å². The Kier molecular flexibility index (Phi) is 4.59. The van der Waals surface area contributed by atoms with Gasteiger partial charge < -0.3 is 5.73 Å². The third kappa shape index (κ3) is 3.09. The number of aryl methyl sites for hydroxylation is 1. The number of thiophene rings is 1. The molecule has 0 unspecified atom stereocenters. The summed E-state index contributed by atoms with van der Waals surface area (Å²) in [7, 11) is -1.89. The second-order valence-electron chi connectivity index (χ2n) is 4.69. The molecule has 20 heavy (non-hydrogen) atoms. The highest BCUT2D eigenvalue weighted by Gasteiger charge is 2.21. The van der Waals surface area contributed by atoms with E-state index in [9.17, 15) is 8.42 Å². The molecule has 1 heterocycles. The van der Waals surface area contributed by atoms with E-state index in [2.05, 4.69) is 0 Å². The summed E-state index contributed by atoms with van der Waals surface area (Å²) < 4.78 is 26.4. The van der Waals surface area contributed by atoms with E-state index in [4.69, 9.17) is 5.73 Å². The summed E-state index contributed by atoms with van der Waals surface area (Å²) in [6.45, 7) is 2.63. The van der Waals surface area contributed by atoms with Gasteiger partial charge in [-0.25, -0.2) is 8.42 Å². The monoisotopic (exact) mass is 310 g/mol. The number of hydrogen-bond donors (Lipinski definition) is 1. The number of sulfonamides is 1. The lowest BCUT2D eigenvalue weighted by Gasteiger charge is -2.17. The van der Waals surface area contributed by atoms with Crippen LogP contribution in [0.25, 0.3) is 0 Å². The summed E-state index contributed by atoms with van der Waals surface area (Å²) >= 11 is 1.56. The van der Waals surface area contributed by atoms with Crippen molar-refractivity contribution in [3.05, 3.63) is 51.7 Å². The average molecular weight is 310 g/mol. The Balaban J connectivity index is 2.29. The van der Waals surface area contributed by atoms with Gasteiger partial charge in [0.2, 0.25) is 10.0 Å². The van der Waals surface area contributed by atoms with Crippen molar-refractivity contribution in [1.82, 2.24) is 4.31 Å². The van der Waals surface area contributed by atoms with E-state index in [1.807, 2.05) is 23.8 Å². The fraction of sp³-hybridized carbons (Fsp3) is 0.286. The van der Waals surface area contributed by atoms with E-state index in [1.165, 1.54) is 4.31 Å². The van der Waals surface area contributed by atoms with Crippen molar-refractivity contribution in [3.63, 3.8) is 0 Å². The van der Waals surface area contributed by atoms with Gasteiger partial charge in [-0.3, -0.25) is 0 Å². The Labute approximate surface area is 123 Å². The van der Waals surface area contributed by atoms with Gasteiger partial charge in [-0.05, 0) is 52.6 Å². The zero-order valence-electron chi connectivity index (χ0n) is 11.5. The number of nitrogens with two attached hydrogens (primary N) is 1. The van der Waals surface area contributed by atoms with Crippen molar-refractivity contribution in [2.75, 3.05) is 7.05 Å². The Morgan fingerprint density at radius 2 is 2.05 bits per heavy atom. The molecule has 2 aromatic rings. The molecular weight excluding hydrogens is 292 g/mol. The van der Waals surface area contributed by atoms with E-state index >= 15 is 0 Å². The highest BCUT2D eigenvalue weighted by Crippen LogP contribution is 2.20. The SMILES string of the molecule is Cc1ccc(S(=O)(=O)N(C)Cc2ccsc2)cc1CN. The molecule has 0 bridgehead atoms. The fourth-order valence-corrected chi connectivity index (χ4v) is 3.80. The standard InChI is InChI=1S/C14H18N2O2S2/c1-11-3-4-14(7-13(11)8-15)20(17,18)16(2)9-12-5-6-19-10-12/h3-7,10H,8-9,15H2,1-2H3. The molecule has 0 fully saturated rings. The van der Waals surface area contributed by atoms with Gasteiger partial charge in [-0.15, -0.1) is 0 Å². The maximum absolute atomic E-state index is 12.5. The molecule has 0 atom stereocenters. The highest BCUT2D eigenvalue weighted by atomic mass is 32.2. The van der Waals surface area contributed by atoms with Crippen molar-refractivity contribution in [2.45, 2.75) is 24.9 Å². The van der Waals surface area contributed by atoms with Crippen LogP contribution in [-0.4, -0.2) is 19.8 Å². The van der Waals surface area contributed by atoms with Gasteiger partial charge in [0.1, 0.15) is 0 Å². The Morgan fingerprint density at radius 1 is 1.30 bits per heavy atom. The zero-order valence-corrected chi connectivity index (χ0v) is 13.2. The van der Waals surface area contributed by atoms with Crippen LogP contribution >= 0.6 is 11.3 Å². The van der Waals surface area contributed by atoms with Crippen LogP contribution < -0.4 is 5.73 Å². The van der Waals surface area contributed by atoms with Crippen LogP contribution in [0.15, 0.2) is 39.9 Å². The lowest BCUT2D eigenvalue weighted by atomic mass is 10.1. The van der Waals surface area contributed by atoms with E-state index in [-0.39, 0.29) is 0 Å². The number of benzene rings is 1. The molecule has 0 aliphatic carbocycles. The quantitative estimate of drug-likeness (QED) is 0.922. The molecule has 0 aliphatic heterocycles. The van der Waals surface area contributed by atoms with Gasteiger partial charge in [0.05, 0.1) is 4.90 Å².